The summed E-state index contributed by atoms with van der Waals surface area (Å²) in [6.07, 6.45) is 9.97. The number of nitrogens with one attached hydrogen (secondary N) is 1. The molecule has 118 valence electrons. The maximum Gasteiger partial charge on any atom is 0.0197 e. The molecule has 1 heterocycles. The Morgan fingerprint density at radius 1 is 1.00 bits per heavy atom. The van der Waals surface area contributed by atoms with Gasteiger partial charge in [-0.15, -0.1) is 0 Å². The van der Waals surface area contributed by atoms with Crippen molar-refractivity contribution in [3.8, 4) is 0 Å². The molecule has 0 aromatic carbocycles. The fourth-order valence-corrected chi connectivity index (χ4v) is 4.02. The lowest BCUT2D eigenvalue weighted by Gasteiger charge is -2.42. The Hall–Kier alpha value is -0.120. The van der Waals surface area contributed by atoms with Crippen LogP contribution in [-0.2, 0) is 0 Å². The first-order valence-corrected chi connectivity index (χ1v) is 8.82. The van der Waals surface area contributed by atoms with Crippen molar-refractivity contribution in [1.82, 2.24) is 15.1 Å². The van der Waals surface area contributed by atoms with Crippen molar-refractivity contribution in [3.05, 3.63) is 0 Å². The Morgan fingerprint density at radius 2 is 1.80 bits per heavy atom. The lowest BCUT2D eigenvalue weighted by Crippen LogP contribution is -2.53. The molecule has 0 radical (unpaired) electrons. The predicted octanol–water partition coefficient (Wildman–Crippen LogP) is 2.57. The second-order valence-electron chi connectivity index (χ2n) is 7.14. The number of rotatable bonds is 7. The van der Waals surface area contributed by atoms with Gasteiger partial charge in [-0.3, -0.25) is 0 Å². The molecule has 0 aromatic rings. The van der Waals surface area contributed by atoms with E-state index in [0.717, 1.165) is 18.0 Å². The van der Waals surface area contributed by atoms with Crippen LogP contribution in [0.15, 0.2) is 0 Å². The van der Waals surface area contributed by atoms with Crippen LogP contribution in [0.1, 0.15) is 51.9 Å². The third-order valence-electron chi connectivity index (χ3n) is 5.25. The van der Waals surface area contributed by atoms with E-state index in [0.29, 0.717) is 0 Å². The fourth-order valence-electron chi connectivity index (χ4n) is 4.02. The monoisotopic (exact) mass is 281 g/mol. The molecule has 2 rings (SSSR count). The first-order chi connectivity index (χ1) is 9.69. The van der Waals surface area contributed by atoms with Gasteiger partial charge in [-0.25, -0.2) is 0 Å². The van der Waals surface area contributed by atoms with Gasteiger partial charge >= 0.3 is 0 Å². The molecule has 2 aliphatic rings. The van der Waals surface area contributed by atoms with E-state index in [1.165, 1.54) is 71.1 Å². The molecule has 3 unspecified atom stereocenters. The van der Waals surface area contributed by atoms with Gasteiger partial charge < -0.3 is 15.1 Å². The van der Waals surface area contributed by atoms with Gasteiger partial charge in [-0.05, 0) is 71.8 Å². The molecule has 1 saturated heterocycles. The molecule has 0 aromatic heterocycles. The largest absolute Gasteiger partial charge is 0.310 e. The topological polar surface area (TPSA) is 18.5 Å². The molecule has 0 amide bonds. The lowest BCUT2D eigenvalue weighted by molar-refractivity contribution is 0.144. The van der Waals surface area contributed by atoms with Crippen molar-refractivity contribution >= 4 is 0 Å². The summed E-state index contributed by atoms with van der Waals surface area (Å²) < 4.78 is 0. The Labute approximate surface area is 126 Å². The van der Waals surface area contributed by atoms with Gasteiger partial charge in [0.2, 0.25) is 0 Å². The maximum atomic E-state index is 3.97. The lowest BCUT2D eigenvalue weighted by atomic mass is 9.78. The summed E-state index contributed by atoms with van der Waals surface area (Å²) in [5.41, 5.74) is 0. The molecule has 0 spiro atoms. The number of fused-ring (bicyclic) bond motifs is 1. The van der Waals surface area contributed by atoms with E-state index in [2.05, 4.69) is 36.1 Å². The van der Waals surface area contributed by atoms with Gasteiger partial charge in [-0.2, -0.15) is 0 Å². The Bertz CT molecular complexity index is 267. The molecule has 1 aliphatic heterocycles. The van der Waals surface area contributed by atoms with Crippen LogP contribution in [-0.4, -0.2) is 62.2 Å². The molecule has 20 heavy (non-hydrogen) atoms. The van der Waals surface area contributed by atoms with E-state index in [-0.39, 0.29) is 0 Å². The van der Waals surface area contributed by atoms with Crippen LogP contribution in [0.5, 0.6) is 0 Å². The molecule has 0 bridgehead atoms. The number of nitrogens with zero attached hydrogens (tertiary/aromatic N) is 2. The van der Waals surface area contributed by atoms with Gasteiger partial charge in [0.25, 0.3) is 0 Å². The third kappa shape index (κ3) is 5.01. The standard InChI is InChI=1S/C17H35N3/c1-4-20(13-7-12-19(2)3)14-16-11-10-15-8-5-6-9-17(15)18-16/h15-18H,4-14H2,1-3H3. The highest BCUT2D eigenvalue weighted by Crippen LogP contribution is 2.32. The minimum Gasteiger partial charge on any atom is -0.310 e. The van der Waals surface area contributed by atoms with Gasteiger partial charge in [0, 0.05) is 18.6 Å². The molecule has 3 heteroatoms. The summed E-state index contributed by atoms with van der Waals surface area (Å²) in [6.45, 7) is 7.22. The SMILES string of the molecule is CCN(CCCN(C)C)CC1CCC2CCCCC2N1. The molecule has 1 aliphatic carbocycles. The number of hydrogen-bond acceptors (Lipinski definition) is 3. The molecular weight excluding hydrogens is 246 g/mol. The molecular formula is C17H35N3. The van der Waals surface area contributed by atoms with Crippen LogP contribution in [0, 0.1) is 5.92 Å². The zero-order valence-electron chi connectivity index (χ0n) is 13.9. The Morgan fingerprint density at radius 3 is 2.55 bits per heavy atom. The summed E-state index contributed by atoms with van der Waals surface area (Å²) in [7, 11) is 4.34. The smallest absolute Gasteiger partial charge is 0.0197 e. The highest BCUT2D eigenvalue weighted by Gasteiger charge is 2.31. The maximum absolute atomic E-state index is 3.97. The van der Waals surface area contributed by atoms with Crippen molar-refractivity contribution in [1.29, 1.82) is 0 Å². The van der Waals surface area contributed by atoms with Crippen molar-refractivity contribution in [2.75, 3.05) is 40.3 Å². The summed E-state index contributed by atoms with van der Waals surface area (Å²) in [6, 6.07) is 1.58. The van der Waals surface area contributed by atoms with E-state index in [9.17, 15) is 0 Å². The van der Waals surface area contributed by atoms with E-state index < -0.39 is 0 Å². The predicted molar refractivity (Wildman–Crippen MR) is 87.2 cm³/mol. The van der Waals surface area contributed by atoms with Crippen LogP contribution in [0.25, 0.3) is 0 Å². The van der Waals surface area contributed by atoms with Gasteiger partial charge in [0.15, 0.2) is 0 Å². The van der Waals surface area contributed by atoms with Crippen molar-refractivity contribution in [3.63, 3.8) is 0 Å². The highest BCUT2D eigenvalue weighted by atomic mass is 15.2. The fraction of sp³-hybridized carbons (Fsp3) is 1.00. The second-order valence-corrected chi connectivity index (χ2v) is 7.14. The first-order valence-electron chi connectivity index (χ1n) is 8.82. The van der Waals surface area contributed by atoms with Gasteiger partial charge in [0.1, 0.15) is 0 Å². The summed E-state index contributed by atoms with van der Waals surface area (Å²) in [5.74, 6) is 0.990. The van der Waals surface area contributed by atoms with Crippen molar-refractivity contribution in [2.45, 2.75) is 64.0 Å². The average molecular weight is 281 g/mol. The average Bonchev–Trinajstić information content (AvgIpc) is 2.45. The first kappa shape index (κ1) is 16.3. The minimum atomic E-state index is 0.744. The normalized spacial score (nSPS) is 30.8. The summed E-state index contributed by atoms with van der Waals surface area (Å²) >= 11 is 0. The minimum absolute atomic E-state index is 0.744. The van der Waals surface area contributed by atoms with E-state index in [1.54, 1.807) is 0 Å². The zero-order valence-corrected chi connectivity index (χ0v) is 13.9. The van der Waals surface area contributed by atoms with Crippen molar-refractivity contribution < 1.29 is 0 Å². The highest BCUT2D eigenvalue weighted by molar-refractivity contribution is 4.90. The van der Waals surface area contributed by atoms with Crippen LogP contribution in [0.3, 0.4) is 0 Å². The second kappa shape index (κ2) is 8.35. The van der Waals surface area contributed by atoms with Gasteiger partial charge in [-0.1, -0.05) is 19.8 Å². The van der Waals surface area contributed by atoms with Crippen LogP contribution in [0.4, 0.5) is 0 Å². The van der Waals surface area contributed by atoms with E-state index >= 15 is 0 Å². The van der Waals surface area contributed by atoms with Crippen LogP contribution in [0.2, 0.25) is 0 Å². The van der Waals surface area contributed by atoms with Crippen LogP contribution < -0.4 is 5.32 Å². The molecule has 1 N–H and O–H groups in total. The molecule has 3 atom stereocenters. The Balaban J connectivity index is 1.71. The third-order valence-corrected chi connectivity index (χ3v) is 5.25. The number of likely N-dealkylation sites (N-methyl/N-ethyl adjacent to an activating group) is 1. The molecule has 1 saturated carbocycles. The van der Waals surface area contributed by atoms with Gasteiger partial charge in [0.05, 0.1) is 0 Å². The van der Waals surface area contributed by atoms with Crippen molar-refractivity contribution in [2.24, 2.45) is 5.92 Å². The number of piperidine rings is 1. The number of hydrogen-bond donors (Lipinski definition) is 1. The summed E-state index contributed by atoms with van der Waals surface area (Å²) in [5, 5.41) is 3.97. The zero-order chi connectivity index (χ0) is 14.4. The van der Waals surface area contributed by atoms with Crippen LogP contribution >= 0.6 is 0 Å². The molecule has 2 fully saturated rings. The summed E-state index contributed by atoms with van der Waals surface area (Å²) in [4.78, 5) is 4.93. The van der Waals surface area contributed by atoms with E-state index in [4.69, 9.17) is 0 Å². The molecule has 3 nitrogen and oxygen atoms in total. The van der Waals surface area contributed by atoms with E-state index in [1.807, 2.05) is 0 Å². The Kier molecular flexibility index (Phi) is 6.79. The quantitative estimate of drug-likeness (QED) is 0.774.